The highest BCUT2D eigenvalue weighted by Gasteiger charge is 2.15. The van der Waals surface area contributed by atoms with Crippen LogP contribution in [0.1, 0.15) is 18.1 Å². The van der Waals surface area contributed by atoms with Crippen molar-refractivity contribution in [2.75, 3.05) is 11.9 Å². The second kappa shape index (κ2) is 3.02. The molecule has 0 bridgehead atoms. The van der Waals surface area contributed by atoms with Crippen LogP contribution in [0.25, 0.3) is 0 Å². The predicted octanol–water partition coefficient (Wildman–Crippen LogP) is 2.74. The van der Waals surface area contributed by atoms with Crippen LogP contribution >= 0.6 is 0 Å². The van der Waals surface area contributed by atoms with E-state index in [-0.39, 0.29) is 5.82 Å². The number of nitrogens with one attached hydrogen (secondary N) is 1. The highest BCUT2D eigenvalue weighted by molar-refractivity contribution is 5.55. The molecule has 0 aliphatic carbocycles. The maximum Gasteiger partial charge on any atom is 0.128 e. The second-order valence-electron chi connectivity index (χ2n) is 3.95. The van der Waals surface area contributed by atoms with Gasteiger partial charge in [-0.15, -0.1) is 0 Å². The van der Waals surface area contributed by atoms with Gasteiger partial charge in [0.2, 0.25) is 0 Å². The fourth-order valence-electron chi connectivity index (χ4n) is 1.81. The smallest absolute Gasteiger partial charge is 0.128 e. The van der Waals surface area contributed by atoms with Crippen LogP contribution in [0.4, 0.5) is 10.1 Å². The molecule has 1 nitrogen and oxygen atoms in total. The summed E-state index contributed by atoms with van der Waals surface area (Å²) in [4.78, 5) is 0. The first-order valence-corrected chi connectivity index (χ1v) is 4.69. The normalized spacial score (nSPS) is 20.7. The zero-order valence-electron chi connectivity index (χ0n) is 8.02. The molecule has 0 fully saturated rings. The summed E-state index contributed by atoms with van der Waals surface area (Å²) in [6, 6.07) is 3.56. The maximum absolute atomic E-state index is 13.2. The lowest BCUT2D eigenvalue weighted by Crippen LogP contribution is -2.20. The fourth-order valence-corrected chi connectivity index (χ4v) is 1.81. The van der Waals surface area contributed by atoms with Crippen molar-refractivity contribution in [3.63, 3.8) is 0 Å². The molecule has 70 valence electrons. The van der Waals surface area contributed by atoms with Crippen molar-refractivity contribution < 1.29 is 4.39 Å². The topological polar surface area (TPSA) is 12.0 Å². The van der Waals surface area contributed by atoms with Gasteiger partial charge in [-0.3, -0.25) is 0 Å². The largest absolute Gasteiger partial charge is 0.384 e. The third-order valence-electron chi connectivity index (χ3n) is 2.59. The van der Waals surface area contributed by atoms with Gasteiger partial charge >= 0.3 is 0 Å². The van der Waals surface area contributed by atoms with Crippen LogP contribution in [0.3, 0.4) is 0 Å². The number of benzene rings is 1. The lowest BCUT2D eigenvalue weighted by Gasteiger charge is -2.23. The Morgan fingerprint density at radius 1 is 1.46 bits per heavy atom. The summed E-state index contributed by atoms with van der Waals surface area (Å²) in [5.41, 5.74) is 2.97. The molecule has 2 heteroatoms. The third-order valence-corrected chi connectivity index (χ3v) is 2.59. The summed E-state index contributed by atoms with van der Waals surface area (Å²) in [5, 5.41) is 3.24. The van der Waals surface area contributed by atoms with E-state index in [0.717, 1.165) is 24.2 Å². The van der Waals surface area contributed by atoms with Gasteiger partial charge in [-0.1, -0.05) is 13.0 Å². The molecule has 1 aliphatic rings. The Bertz CT molecular complexity index is 333. The Hall–Kier alpha value is -1.05. The summed E-state index contributed by atoms with van der Waals surface area (Å²) in [7, 11) is 0. The van der Waals surface area contributed by atoms with E-state index in [1.807, 2.05) is 13.0 Å². The average molecular weight is 179 g/mol. The van der Waals surface area contributed by atoms with E-state index < -0.39 is 0 Å². The first kappa shape index (κ1) is 8.54. The van der Waals surface area contributed by atoms with E-state index in [0.29, 0.717) is 5.92 Å². The summed E-state index contributed by atoms with van der Waals surface area (Å²) < 4.78 is 13.2. The highest BCUT2D eigenvalue weighted by atomic mass is 19.1. The lowest BCUT2D eigenvalue weighted by molar-refractivity contribution is 0.583. The van der Waals surface area contributed by atoms with Gasteiger partial charge in [-0.25, -0.2) is 4.39 Å². The molecule has 0 aromatic heterocycles. The lowest BCUT2D eigenvalue weighted by atomic mass is 9.94. The highest BCUT2D eigenvalue weighted by Crippen LogP contribution is 2.26. The van der Waals surface area contributed by atoms with E-state index in [1.54, 1.807) is 6.07 Å². The van der Waals surface area contributed by atoms with Gasteiger partial charge in [0.1, 0.15) is 5.82 Å². The van der Waals surface area contributed by atoms with Gasteiger partial charge in [0.15, 0.2) is 0 Å². The Labute approximate surface area is 78.0 Å². The molecular weight excluding hydrogens is 165 g/mol. The van der Waals surface area contributed by atoms with Crippen LogP contribution in [0.15, 0.2) is 12.1 Å². The first-order valence-electron chi connectivity index (χ1n) is 4.69. The summed E-state index contributed by atoms with van der Waals surface area (Å²) in [6.45, 7) is 4.97. The summed E-state index contributed by atoms with van der Waals surface area (Å²) in [6.07, 6.45) is 1.06. The third kappa shape index (κ3) is 1.53. The minimum atomic E-state index is -0.110. The predicted molar refractivity (Wildman–Crippen MR) is 52.5 cm³/mol. The van der Waals surface area contributed by atoms with Crippen LogP contribution in [0, 0.1) is 18.7 Å². The van der Waals surface area contributed by atoms with Gasteiger partial charge in [0.05, 0.1) is 0 Å². The second-order valence-corrected chi connectivity index (χ2v) is 3.95. The van der Waals surface area contributed by atoms with Crippen LogP contribution in [-0.4, -0.2) is 6.54 Å². The van der Waals surface area contributed by atoms with Gasteiger partial charge in [-0.2, -0.15) is 0 Å². The van der Waals surface area contributed by atoms with Crippen molar-refractivity contribution in [2.45, 2.75) is 20.3 Å². The molecule has 2 rings (SSSR count). The molecule has 1 atom stereocenters. The molecule has 0 spiro atoms. The van der Waals surface area contributed by atoms with Gasteiger partial charge < -0.3 is 5.32 Å². The van der Waals surface area contributed by atoms with Crippen LogP contribution < -0.4 is 5.32 Å². The molecule has 1 aromatic rings. The SMILES string of the molecule is Cc1cc2c(cc1F)NCC(C)C2. The molecule has 1 heterocycles. The number of halogens is 1. The quantitative estimate of drug-likeness (QED) is 0.645. The Balaban J connectivity index is 2.43. The van der Waals surface area contributed by atoms with Crippen molar-refractivity contribution in [2.24, 2.45) is 5.92 Å². The summed E-state index contributed by atoms with van der Waals surface area (Å²) >= 11 is 0. The Kier molecular flexibility index (Phi) is 1.98. The number of rotatable bonds is 0. The van der Waals surface area contributed by atoms with E-state index in [1.165, 1.54) is 5.56 Å². The average Bonchev–Trinajstić information content (AvgIpc) is 2.08. The fraction of sp³-hybridized carbons (Fsp3) is 0.455. The molecule has 0 saturated heterocycles. The van der Waals surface area contributed by atoms with Crippen molar-refractivity contribution in [1.82, 2.24) is 0 Å². The van der Waals surface area contributed by atoms with Crippen LogP contribution in [0.5, 0.6) is 0 Å². The van der Waals surface area contributed by atoms with E-state index in [4.69, 9.17) is 0 Å². The Morgan fingerprint density at radius 3 is 3.00 bits per heavy atom. The van der Waals surface area contributed by atoms with Gasteiger partial charge in [-0.05, 0) is 36.5 Å². The van der Waals surface area contributed by atoms with Crippen LogP contribution in [-0.2, 0) is 6.42 Å². The van der Waals surface area contributed by atoms with E-state index >= 15 is 0 Å². The van der Waals surface area contributed by atoms with Crippen LogP contribution in [0.2, 0.25) is 0 Å². The molecule has 13 heavy (non-hydrogen) atoms. The number of hydrogen-bond donors (Lipinski definition) is 1. The number of aryl methyl sites for hydroxylation is 1. The molecule has 0 saturated carbocycles. The standard InChI is InChI=1S/C11H14FN/c1-7-3-9-4-8(2)10(12)5-11(9)13-6-7/h4-5,7,13H,3,6H2,1-2H3. The van der Waals surface area contributed by atoms with Crippen molar-refractivity contribution >= 4 is 5.69 Å². The monoisotopic (exact) mass is 179 g/mol. The van der Waals surface area contributed by atoms with E-state index in [9.17, 15) is 4.39 Å². The molecule has 0 amide bonds. The molecule has 1 aromatic carbocycles. The molecule has 1 N–H and O–H groups in total. The maximum atomic E-state index is 13.2. The first-order chi connectivity index (χ1) is 6.16. The van der Waals surface area contributed by atoms with Gasteiger partial charge in [0.25, 0.3) is 0 Å². The molecular formula is C11H14FN. The number of fused-ring (bicyclic) bond motifs is 1. The number of anilines is 1. The van der Waals surface area contributed by atoms with Crippen molar-refractivity contribution in [3.05, 3.63) is 29.1 Å². The van der Waals surface area contributed by atoms with E-state index in [2.05, 4.69) is 12.2 Å². The molecule has 0 radical (unpaired) electrons. The minimum Gasteiger partial charge on any atom is -0.384 e. The van der Waals surface area contributed by atoms with Crippen molar-refractivity contribution in [1.29, 1.82) is 0 Å². The van der Waals surface area contributed by atoms with Gasteiger partial charge in [0, 0.05) is 12.2 Å². The zero-order valence-corrected chi connectivity index (χ0v) is 8.02. The molecule has 1 aliphatic heterocycles. The summed E-state index contributed by atoms with van der Waals surface area (Å²) in [5.74, 6) is 0.540. The zero-order chi connectivity index (χ0) is 9.42. The number of hydrogen-bond acceptors (Lipinski definition) is 1. The Morgan fingerprint density at radius 2 is 2.23 bits per heavy atom. The molecule has 1 unspecified atom stereocenters. The van der Waals surface area contributed by atoms with Crippen molar-refractivity contribution in [3.8, 4) is 0 Å². The minimum absolute atomic E-state index is 0.110.